The van der Waals surface area contributed by atoms with Crippen LogP contribution in [0, 0.1) is 29.6 Å². The molecule has 0 saturated heterocycles. The van der Waals surface area contributed by atoms with Crippen molar-refractivity contribution in [2.75, 3.05) is 6.61 Å². The van der Waals surface area contributed by atoms with Crippen LogP contribution in [0.2, 0.25) is 5.04 Å². The van der Waals surface area contributed by atoms with Crippen molar-refractivity contribution in [2.45, 2.75) is 103 Å². The Hall–Kier alpha value is -2.99. The lowest BCUT2D eigenvalue weighted by Crippen LogP contribution is -2.67. The summed E-state index contributed by atoms with van der Waals surface area (Å²) >= 11 is 0. The van der Waals surface area contributed by atoms with Gasteiger partial charge in [0.25, 0.3) is 8.32 Å². The summed E-state index contributed by atoms with van der Waals surface area (Å²) < 4.78 is 13.7. The van der Waals surface area contributed by atoms with Crippen molar-refractivity contribution < 1.29 is 19.1 Å². The topological polar surface area (TPSA) is 55.8 Å². The Bertz CT molecular complexity index is 1500. The average Bonchev–Trinajstić information content (AvgIpc) is 3.57. The second-order valence-electron chi connectivity index (χ2n) is 16.7. The van der Waals surface area contributed by atoms with Crippen molar-refractivity contribution in [3.05, 3.63) is 108 Å². The van der Waals surface area contributed by atoms with Crippen LogP contribution in [0.5, 0.6) is 0 Å². The number of rotatable bonds is 9. The summed E-state index contributed by atoms with van der Waals surface area (Å²) in [6, 6.07) is 32.2. The molecule has 0 heterocycles. The van der Waals surface area contributed by atoms with Crippen LogP contribution in [0.15, 0.2) is 103 Å². The van der Waals surface area contributed by atoms with Gasteiger partial charge in [-0.2, -0.15) is 0 Å². The van der Waals surface area contributed by atoms with Crippen LogP contribution < -0.4 is 10.4 Å². The van der Waals surface area contributed by atoms with Crippen LogP contribution in [0.4, 0.5) is 0 Å². The molecule has 0 spiro atoms. The number of hydrogen-bond acceptors (Lipinski definition) is 4. The van der Waals surface area contributed by atoms with Crippen LogP contribution >= 0.6 is 0 Å². The lowest BCUT2D eigenvalue weighted by molar-refractivity contribution is -0.150. The van der Waals surface area contributed by atoms with Gasteiger partial charge in [0.1, 0.15) is 6.10 Å². The van der Waals surface area contributed by atoms with E-state index in [0.29, 0.717) is 24.4 Å². The highest BCUT2D eigenvalue weighted by Crippen LogP contribution is 2.51. The van der Waals surface area contributed by atoms with Crippen molar-refractivity contribution >= 4 is 24.7 Å². The van der Waals surface area contributed by atoms with E-state index in [1.807, 2.05) is 0 Å². The van der Waals surface area contributed by atoms with E-state index in [0.717, 1.165) is 32.1 Å². The number of benzene rings is 3. The fourth-order valence-electron chi connectivity index (χ4n) is 9.62. The Kier molecular flexibility index (Phi) is 10.2. The van der Waals surface area contributed by atoms with Crippen molar-refractivity contribution in [2.24, 2.45) is 29.6 Å². The minimum atomic E-state index is -2.71. The Morgan fingerprint density at radius 3 is 2.00 bits per heavy atom. The quantitative estimate of drug-likeness (QED) is 0.142. The number of carbonyl (C=O) groups excluding carboxylic acids is 1. The number of aliphatic hydroxyl groups is 1. The highest BCUT2D eigenvalue weighted by Gasteiger charge is 2.53. The standard InChI is InChI=1S/C43H56O4Si/c1-30-22-23-38(43(5,6)33-16-10-7-11-17-33)40(24-30)47-41(45)27-31-25-32-28-39(44)37(36(32)26-31)29-46-48(42(2,3)4,34-18-12-8-13-19-34)35-20-14-9-15-21-35/h7-21,27,30,32,36-40,44H,22-26,28-29H2,1-6H3/b31-27-/t30?,32-,36-,37-,38?,39+,40?/m0/s1. The molecule has 3 saturated carbocycles. The third-order valence-corrected chi connectivity index (χ3v) is 17.2. The van der Waals surface area contributed by atoms with Crippen LogP contribution in [-0.2, 0) is 19.4 Å². The molecule has 3 aromatic carbocycles. The van der Waals surface area contributed by atoms with Crippen molar-refractivity contribution in [3.8, 4) is 0 Å². The summed E-state index contributed by atoms with van der Waals surface area (Å²) in [6.45, 7) is 14.3. The van der Waals surface area contributed by atoms with Crippen LogP contribution in [-0.4, -0.2) is 38.2 Å². The first-order valence-electron chi connectivity index (χ1n) is 18.3. The number of carbonyl (C=O) groups is 1. The number of allylic oxidation sites excluding steroid dienone is 1. The van der Waals surface area contributed by atoms with Crippen molar-refractivity contribution in [3.63, 3.8) is 0 Å². The molecule has 3 aliphatic rings. The lowest BCUT2D eigenvalue weighted by atomic mass is 9.64. The maximum Gasteiger partial charge on any atom is 0.330 e. The summed E-state index contributed by atoms with van der Waals surface area (Å²) in [7, 11) is -2.71. The molecule has 0 bridgehead atoms. The highest BCUT2D eigenvalue weighted by atomic mass is 28.4. The maximum atomic E-state index is 13.6. The molecule has 3 fully saturated rings. The number of fused-ring (bicyclic) bond motifs is 1. The van der Waals surface area contributed by atoms with Gasteiger partial charge in [-0.1, -0.05) is 145 Å². The zero-order valence-corrected chi connectivity index (χ0v) is 30.9. The molecule has 3 aliphatic carbocycles. The van der Waals surface area contributed by atoms with E-state index in [1.54, 1.807) is 6.08 Å². The minimum Gasteiger partial charge on any atom is -0.459 e. The third kappa shape index (κ3) is 6.88. The Morgan fingerprint density at radius 1 is 0.833 bits per heavy atom. The molecule has 0 amide bonds. The predicted molar refractivity (Wildman–Crippen MR) is 198 cm³/mol. The van der Waals surface area contributed by atoms with Crippen molar-refractivity contribution in [1.29, 1.82) is 0 Å². The predicted octanol–water partition coefficient (Wildman–Crippen LogP) is 8.22. The number of ether oxygens (including phenoxy) is 1. The molecule has 48 heavy (non-hydrogen) atoms. The van der Waals surface area contributed by atoms with Gasteiger partial charge in [-0.15, -0.1) is 0 Å². The van der Waals surface area contributed by atoms with E-state index < -0.39 is 14.4 Å². The van der Waals surface area contributed by atoms with Crippen molar-refractivity contribution in [1.82, 2.24) is 0 Å². The van der Waals surface area contributed by atoms with E-state index in [-0.39, 0.29) is 34.4 Å². The molecular weight excluding hydrogens is 609 g/mol. The SMILES string of the molecule is CC1CCC(C(C)(C)c2ccccc2)C(OC(=O)/C=C2/C[C@H]3C[C@@H](O)[C@@H](CO[Si](c4ccccc4)(c4ccccc4)C(C)(C)C)[C@H]3C2)C1. The molecule has 0 aliphatic heterocycles. The molecule has 6 rings (SSSR count). The van der Waals surface area contributed by atoms with Crippen LogP contribution in [0.3, 0.4) is 0 Å². The normalized spacial score (nSPS) is 28.7. The summed E-state index contributed by atoms with van der Waals surface area (Å²) in [5, 5.41) is 13.8. The third-order valence-electron chi connectivity index (χ3n) is 12.2. The second kappa shape index (κ2) is 14.1. The first-order valence-corrected chi connectivity index (χ1v) is 20.2. The smallest absolute Gasteiger partial charge is 0.330 e. The summed E-state index contributed by atoms with van der Waals surface area (Å²) in [4.78, 5) is 13.6. The molecular formula is C43H56O4Si. The van der Waals surface area contributed by atoms with Gasteiger partial charge in [-0.25, -0.2) is 4.79 Å². The van der Waals surface area contributed by atoms with Gasteiger partial charge in [0.15, 0.2) is 0 Å². The monoisotopic (exact) mass is 664 g/mol. The molecule has 0 radical (unpaired) electrons. The van der Waals surface area contributed by atoms with Gasteiger partial charge in [-0.3, -0.25) is 0 Å². The molecule has 5 heteroatoms. The lowest BCUT2D eigenvalue weighted by Gasteiger charge is -2.44. The number of hydrogen-bond donors (Lipinski definition) is 1. The zero-order valence-electron chi connectivity index (χ0n) is 29.9. The molecule has 256 valence electrons. The fourth-order valence-corrected chi connectivity index (χ4v) is 14.2. The van der Waals surface area contributed by atoms with Crippen LogP contribution in [0.25, 0.3) is 0 Å². The molecule has 4 nitrogen and oxygen atoms in total. The van der Waals surface area contributed by atoms with E-state index in [4.69, 9.17) is 9.16 Å². The first-order chi connectivity index (χ1) is 22.9. The number of esters is 1. The molecule has 3 unspecified atom stereocenters. The largest absolute Gasteiger partial charge is 0.459 e. The minimum absolute atomic E-state index is 0.0359. The summed E-state index contributed by atoms with van der Waals surface area (Å²) in [6.07, 6.45) is 6.90. The Balaban J connectivity index is 1.18. The fraction of sp³-hybridized carbons (Fsp3) is 0.512. The van der Waals surface area contributed by atoms with E-state index in [2.05, 4.69) is 133 Å². The average molecular weight is 665 g/mol. The summed E-state index contributed by atoms with van der Waals surface area (Å²) in [5.41, 5.74) is 2.38. The van der Waals surface area contributed by atoms with Gasteiger partial charge in [-0.05, 0) is 76.2 Å². The molecule has 7 atom stereocenters. The van der Waals surface area contributed by atoms with Gasteiger partial charge in [0.05, 0.1) is 6.10 Å². The van der Waals surface area contributed by atoms with Gasteiger partial charge in [0.2, 0.25) is 0 Å². The van der Waals surface area contributed by atoms with E-state index in [9.17, 15) is 9.90 Å². The Morgan fingerprint density at radius 2 is 1.42 bits per heavy atom. The number of aliphatic hydroxyl groups excluding tert-OH is 1. The summed E-state index contributed by atoms with van der Waals surface area (Å²) in [5.74, 6) is 1.33. The van der Waals surface area contributed by atoms with Gasteiger partial charge < -0.3 is 14.3 Å². The first kappa shape index (κ1) is 34.9. The highest BCUT2D eigenvalue weighted by molar-refractivity contribution is 6.99. The van der Waals surface area contributed by atoms with Gasteiger partial charge in [0, 0.05) is 24.5 Å². The zero-order chi connectivity index (χ0) is 34.1. The van der Waals surface area contributed by atoms with E-state index in [1.165, 1.54) is 27.9 Å². The molecule has 1 N–H and O–H groups in total. The maximum absolute atomic E-state index is 13.6. The van der Waals surface area contributed by atoms with Gasteiger partial charge >= 0.3 is 5.97 Å². The van der Waals surface area contributed by atoms with E-state index >= 15 is 0 Å². The van der Waals surface area contributed by atoms with Crippen LogP contribution in [0.1, 0.15) is 85.6 Å². The molecule has 0 aromatic heterocycles. The molecule has 3 aromatic rings. The Labute approximate surface area is 290 Å². The second-order valence-corrected chi connectivity index (χ2v) is 21.0.